The average molecular weight is 383 g/mol. The van der Waals surface area contributed by atoms with E-state index in [0.29, 0.717) is 0 Å². The number of nitrogens with one attached hydrogen (secondary N) is 2. The molecular weight excluding hydrogens is 371 g/mol. The van der Waals surface area contributed by atoms with E-state index in [1.165, 1.54) is 43.3 Å². The molecule has 0 atom stereocenters. The summed E-state index contributed by atoms with van der Waals surface area (Å²) in [7, 11) is 0. The zero-order valence-electron chi connectivity index (χ0n) is 13.3. The number of halogens is 3. The Balaban J connectivity index is 2.13. The van der Waals surface area contributed by atoms with Gasteiger partial charge >= 0.3 is 6.18 Å². The number of amides is 1. The third-order valence-electron chi connectivity index (χ3n) is 3.36. The van der Waals surface area contributed by atoms with Gasteiger partial charge in [-0.2, -0.15) is 13.2 Å². The summed E-state index contributed by atoms with van der Waals surface area (Å²) in [5, 5.41) is 15.0. The number of aryl methyl sites for hydroxylation is 1. The first kappa shape index (κ1) is 19.3. The van der Waals surface area contributed by atoms with Gasteiger partial charge in [0.2, 0.25) is 0 Å². The minimum atomic E-state index is -4.58. The molecule has 10 heteroatoms. The first-order valence-corrected chi connectivity index (χ1v) is 7.54. The number of anilines is 1. The predicted octanol–water partition coefficient (Wildman–Crippen LogP) is 4.05. The maximum absolute atomic E-state index is 12.9. The lowest BCUT2D eigenvalue weighted by molar-refractivity contribution is -0.385. The van der Waals surface area contributed by atoms with E-state index < -0.39 is 22.6 Å². The lowest BCUT2D eigenvalue weighted by atomic mass is 10.1. The summed E-state index contributed by atoms with van der Waals surface area (Å²) in [6.07, 6.45) is -4.58. The first-order valence-electron chi connectivity index (χ1n) is 7.13. The van der Waals surface area contributed by atoms with Crippen molar-refractivity contribution in [3.63, 3.8) is 0 Å². The maximum Gasteiger partial charge on any atom is 0.418 e. The lowest BCUT2D eigenvalue weighted by Gasteiger charge is -2.15. The molecule has 136 valence electrons. The minimum Gasteiger partial charge on any atom is -0.332 e. The Morgan fingerprint density at radius 1 is 1.19 bits per heavy atom. The van der Waals surface area contributed by atoms with Crippen molar-refractivity contribution in [1.29, 1.82) is 0 Å². The second kappa shape index (κ2) is 7.48. The predicted molar refractivity (Wildman–Crippen MR) is 93.0 cm³/mol. The Morgan fingerprint density at radius 3 is 2.42 bits per heavy atom. The van der Waals surface area contributed by atoms with Gasteiger partial charge < -0.3 is 5.32 Å². The van der Waals surface area contributed by atoms with Gasteiger partial charge in [0.25, 0.3) is 11.6 Å². The molecular formula is C16H12F3N3O3S. The van der Waals surface area contributed by atoms with E-state index >= 15 is 0 Å². The number of carbonyl (C=O) groups is 1. The smallest absolute Gasteiger partial charge is 0.332 e. The summed E-state index contributed by atoms with van der Waals surface area (Å²) >= 11 is 4.88. The number of alkyl halides is 3. The van der Waals surface area contributed by atoms with Gasteiger partial charge in [0, 0.05) is 17.2 Å². The number of nitro groups is 1. The van der Waals surface area contributed by atoms with Crippen LogP contribution in [0.5, 0.6) is 0 Å². The molecule has 0 aliphatic heterocycles. The lowest BCUT2D eigenvalue weighted by Crippen LogP contribution is -2.34. The zero-order chi connectivity index (χ0) is 19.5. The fourth-order valence-corrected chi connectivity index (χ4v) is 2.37. The maximum atomic E-state index is 12.9. The van der Waals surface area contributed by atoms with Gasteiger partial charge in [0.05, 0.1) is 16.2 Å². The van der Waals surface area contributed by atoms with Crippen LogP contribution in [0.3, 0.4) is 0 Å². The van der Waals surface area contributed by atoms with E-state index in [1.54, 1.807) is 0 Å². The Kier molecular flexibility index (Phi) is 5.56. The van der Waals surface area contributed by atoms with Gasteiger partial charge in [-0.05, 0) is 43.4 Å². The van der Waals surface area contributed by atoms with Crippen molar-refractivity contribution in [2.24, 2.45) is 0 Å². The second-order valence-corrected chi connectivity index (χ2v) is 5.62. The van der Waals surface area contributed by atoms with E-state index in [-0.39, 0.29) is 27.6 Å². The van der Waals surface area contributed by atoms with Crippen molar-refractivity contribution in [3.05, 3.63) is 69.3 Å². The standard InChI is InChI=1S/C16H12F3N3O3S/c1-9-8-10(6-7-13(9)22(24)25)14(23)21-15(26)20-12-5-3-2-4-11(12)16(17,18)19/h2-8H,1H3,(H2,20,21,23,26). The van der Waals surface area contributed by atoms with Crippen molar-refractivity contribution in [1.82, 2.24) is 5.32 Å². The van der Waals surface area contributed by atoms with Crippen molar-refractivity contribution in [2.45, 2.75) is 13.1 Å². The van der Waals surface area contributed by atoms with Gasteiger partial charge in [-0.15, -0.1) is 0 Å². The molecule has 2 aromatic rings. The number of thiocarbonyl (C=S) groups is 1. The number of nitro benzene ring substituents is 1. The third-order valence-corrected chi connectivity index (χ3v) is 3.57. The van der Waals surface area contributed by atoms with Crippen molar-refractivity contribution in [3.8, 4) is 0 Å². The highest BCUT2D eigenvalue weighted by molar-refractivity contribution is 7.80. The van der Waals surface area contributed by atoms with E-state index in [9.17, 15) is 28.1 Å². The van der Waals surface area contributed by atoms with Gasteiger partial charge in [-0.1, -0.05) is 12.1 Å². The number of rotatable bonds is 3. The molecule has 26 heavy (non-hydrogen) atoms. The molecule has 0 saturated heterocycles. The normalized spacial score (nSPS) is 10.9. The Bertz CT molecular complexity index is 885. The van der Waals surface area contributed by atoms with Crippen LogP contribution in [0, 0.1) is 17.0 Å². The molecule has 0 fully saturated rings. The molecule has 0 aliphatic carbocycles. The number of carbonyl (C=O) groups excluding carboxylic acids is 1. The molecule has 0 heterocycles. The monoisotopic (exact) mass is 383 g/mol. The minimum absolute atomic E-state index is 0.0846. The average Bonchev–Trinajstić information content (AvgIpc) is 2.53. The number of hydrogen-bond acceptors (Lipinski definition) is 4. The molecule has 6 nitrogen and oxygen atoms in total. The molecule has 0 spiro atoms. The number of para-hydroxylation sites is 1. The van der Waals surface area contributed by atoms with E-state index in [0.717, 1.165) is 6.07 Å². The molecule has 2 N–H and O–H groups in total. The molecule has 0 saturated carbocycles. The van der Waals surface area contributed by atoms with Gasteiger partial charge in [-0.3, -0.25) is 20.2 Å². The quantitative estimate of drug-likeness (QED) is 0.475. The van der Waals surface area contributed by atoms with Crippen LogP contribution in [0.1, 0.15) is 21.5 Å². The van der Waals surface area contributed by atoms with Crippen LogP contribution in [0.25, 0.3) is 0 Å². The second-order valence-electron chi connectivity index (χ2n) is 5.21. The summed E-state index contributed by atoms with van der Waals surface area (Å²) in [4.78, 5) is 22.3. The molecule has 0 aliphatic rings. The van der Waals surface area contributed by atoms with Crippen LogP contribution in [0.15, 0.2) is 42.5 Å². The van der Waals surface area contributed by atoms with Crippen LogP contribution in [-0.4, -0.2) is 15.9 Å². The van der Waals surface area contributed by atoms with Gasteiger partial charge in [-0.25, -0.2) is 0 Å². The molecule has 0 unspecified atom stereocenters. The van der Waals surface area contributed by atoms with Crippen molar-refractivity contribution >= 4 is 34.6 Å². The largest absolute Gasteiger partial charge is 0.418 e. The zero-order valence-corrected chi connectivity index (χ0v) is 14.1. The van der Waals surface area contributed by atoms with E-state index in [1.807, 2.05) is 0 Å². The van der Waals surface area contributed by atoms with Crippen molar-refractivity contribution in [2.75, 3.05) is 5.32 Å². The SMILES string of the molecule is Cc1cc(C(=O)NC(=S)Nc2ccccc2C(F)(F)F)ccc1[N+](=O)[O-]. The molecule has 0 bridgehead atoms. The molecule has 0 radical (unpaired) electrons. The molecule has 1 amide bonds. The number of benzene rings is 2. The van der Waals surface area contributed by atoms with Gasteiger partial charge in [0.15, 0.2) is 5.11 Å². The third kappa shape index (κ3) is 4.54. The molecule has 2 rings (SSSR count). The van der Waals surface area contributed by atoms with Gasteiger partial charge in [0.1, 0.15) is 0 Å². The summed E-state index contributed by atoms with van der Waals surface area (Å²) < 4.78 is 38.8. The first-order chi connectivity index (χ1) is 12.1. The van der Waals surface area contributed by atoms with E-state index in [4.69, 9.17) is 12.2 Å². The number of nitrogens with zero attached hydrogens (tertiary/aromatic N) is 1. The fraction of sp³-hybridized carbons (Fsp3) is 0.125. The highest BCUT2D eigenvalue weighted by Gasteiger charge is 2.33. The Morgan fingerprint density at radius 2 is 1.85 bits per heavy atom. The summed E-state index contributed by atoms with van der Waals surface area (Å²) in [6, 6.07) is 8.37. The topological polar surface area (TPSA) is 84.3 Å². The van der Waals surface area contributed by atoms with Crippen molar-refractivity contribution < 1.29 is 22.9 Å². The summed E-state index contributed by atoms with van der Waals surface area (Å²) in [6.45, 7) is 1.46. The summed E-state index contributed by atoms with van der Waals surface area (Å²) in [5.74, 6) is -0.704. The van der Waals surface area contributed by atoms with Crippen LogP contribution < -0.4 is 10.6 Å². The molecule has 0 aromatic heterocycles. The van der Waals surface area contributed by atoms with Crippen LogP contribution in [0.2, 0.25) is 0 Å². The summed E-state index contributed by atoms with van der Waals surface area (Å²) in [5.41, 5.74) is -1.03. The Labute approximate surface area is 151 Å². The fourth-order valence-electron chi connectivity index (χ4n) is 2.17. The highest BCUT2D eigenvalue weighted by atomic mass is 32.1. The highest BCUT2D eigenvalue weighted by Crippen LogP contribution is 2.34. The van der Waals surface area contributed by atoms with Crippen LogP contribution in [0.4, 0.5) is 24.5 Å². The Hall–Kier alpha value is -3.01. The van der Waals surface area contributed by atoms with Crippen LogP contribution in [-0.2, 0) is 6.18 Å². The number of hydrogen-bond donors (Lipinski definition) is 2. The van der Waals surface area contributed by atoms with E-state index in [2.05, 4.69) is 10.6 Å². The van der Waals surface area contributed by atoms with Crippen LogP contribution >= 0.6 is 12.2 Å². The molecule has 2 aromatic carbocycles.